The number of aryl methyl sites for hydroxylation is 3. The number of benzene rings is 1. The molecule has 0 saturated carbocycles. The van der Waals surface area contributed by atoms with Crippen LogP contribution in [-0.4, -0.2) is 9.97 Å². The van der Waals surface area contributed by atoms with Gasteiger partial charge in [-0.2, -0.15) is 0 Å². The lowest BCUT2D eigenvalue weighted by atomic mass is 9.97. The van der Waals surface area contributed by atoms with Gasteiger partial charge in [-0.25, -0.2) is 14.8 Å². The molecule has 4 aromatic rings. The van der Waals surface area contributed by atoms with Crippen molar-refractivity contribution in [2.45, 2.75) is 32.6 Å². The maximum atomic E-state index is 11.6. The Bertz CT molecular complexity index is 1210. The highest BCUT2D eigenvalue weighted by Crippen LogP contribution is 2.40. The number of aromatic nitrogens is 2. The normalized spacial score (nSPS) is 13.9. The lowest BCUT2D eigenvalue weighted by Crippen LogP contribution is -2.00. The summed E-state index contributed by atoms with van der Waals surface area (Å²) in [5, 5.41) is 1.93. The number of hydrogen-bond donors (Lipinski definition) is 0. The summed E-state index contributed by atoms with van der Waals surface area (Å²) in [6.45, 7) is 1.89. The van der Waals surface area contributed by atoms with Crippen LogP contribution in [0, 0.1) is 6.92 Å². The van der Waals surface area contributed by atoms with E-state index >= 15 is 0 Å². The monoisotopic (exact) mass is 364 g/mol. The predicted octanol–water partition coefficient (Wildman–Crippen LogP) is 4.78. The fourth-order valence-electron chi connectivity index (χ4n) is 3.62. The lowest BCUT2D eigenvalue weighted by molar-refractivity contribution is 0.466. The third-order valence-electron chi connectivity index (χ3n) is 4.85. The summed E-state index contributed by atoms with van der Waals surface area (Å²) in [6.07, 6.45) is 6.12. The average molecular weight is 364 g/mol. The first-order valence-electron chi connectivity index (χ1n) is 8.66. The molecule has 0 unspecified atom stereocenters. The second-order valence-electron chi connectivity index (χ2n) is 6.58. The Morgan fingerprint density at radius 3 is 2.96 bits per heavy atom. The van der Waals surface area contributed by atoms with Gasteiger partial charge in [-0.3, -0.25) is 0 Å². The van der Waals surface area contributed by atoms with Crippen LogP contribution in [0.25, 0.3) is 21.2 Å². The van der Waals surface area contributed by atoms with Crippen molar-refractivity contribution in [1.29, 1.82) is 0 Å². The summed E-state index contributed by atoms with van der Waals surface area (Å²) in [7, 11) is 0. The van der Waals surface area contributed by atoms with Gasteiger partial charge in [0.2, 0.25) is 5.88 Å². The Hall–Kier alpha value is -2.73. The molecule has 26 heavy (non-hydrogen) atoms. The zero-order valence-corrected chi connectivity index (χ0v) is 15.1. The van der Waals surface area contributed by atoms with Crippen LogP contribution in [0.3, 0.4) is 0 Å². The van der Waals surface area contributed by atoms with Crippen LogP contribution in [0.4, 0.5) is 0 Å². The van der Waals surface area contributed by atoms with E-state index in [-0.39, 0.29) is 5.63 Å². The molecule has 130 valence electrons. The maximum Gasteiger partial charge on any atom is 0.336 e. The quantitative estimate of drug-likeness (QED) is 0.479. The number of fused-ring (bicyclic) bond motifs is 4. The maximum absolute atomic E-state index is 11.6. The van der Waals surface area contributed by atoms with E-state index in [0.717, 1.165) is 34.0 Å². The molecular weight excluding hydrogens is 348 g/mol. The first kappa shape index (κ1) is 15.5. The van der Waals surface area contributed by atoms with Crippen molar-refractivity contribution in [1.82, 2.24) is 9.97 Å². The molecule has 1 aliphatic carbocycles. The third-order valence-corrected chi connectivity index (χ3v) is 6.05. The van der Waals surface area contributed by atoms with Crippen molar-refractivity contribution in [3.05, 3.63) is 57.0 Å². The largest absolute Gasteiger partial charge is 0.438 e. The number of thiophene rings is 1. The third kappa shape index (κ3) is 2.49. The summed E-state index contributed by atoms with van der Waals surface area (Å²) in [4.78, 5) is 22.8. The van der Waals surface area contributed by atoms with E-state index in [4.69, 9.17) is 9.15 Å². The Morgan fingerprint density at radius 1 is 1.15 bits per heavy atom. The van der Waals surface area contributed by atoms with E-state index in [1.807, 2.05) is 19.1 Å². The molecule has 0 amide bonds. The molecule has 0 saturated heterocycles. The van der Waals surface area contributed by atoms with Crippen LogP contribution in [0.2, 0.25) is 0 Å². The van der Waals surface area contributed by atoms with Crippen molar-refractivity contribution in [3.63, 3.8) is 0 Å². The van der Waals surface area contributed by atoms with Gasteiger partial charge in [0.1, 0.15) is 22.5 Å². The summed E-state index contributed by atoms with van der Waals surface area (Å²) in [5.41, 5.74) is 2.38. The minimum atomic E-state index is -0.358. The topological polar surface area (TPSA) is 65.2 Å². The molecule has 0 aliphatic heterocycles. The van der Waals surface area contributed by atoms with E-state index in [1.165, 1.54) is 29.3 Å². The fourth-order valence-corrected chi connectivity index (χ4v) is 4.84. The van der Waals surface area contributed by atoms with Crippen LogP contribution in [-0.2, 0) is 12.8 Å². The van der Waals surface area contributed by atoms with Gasteiger partial charge in [0.25, 0.3) is 0 Å². The molecule has 1 aliphatic rings. The van der Waals surface area contributed by atoms with Crippen LogP contribution in [0.15, 0.2) is 39.8 Å². The van der Waals surface area contributed by atoms with Gasteiger partial charge in [-0.15, -0.1) is 11.3 Å². The van der Waals surface area contributed by atoms with E-state index < -0.39 is 0 Å². The van der Waals surface area contributed by atoms with Crippen LogP contribution in [0.1, 0.15) is 28.8 Å². The van der Waals surface area contributed by atoms with Gasteiger partial charge < -0.3 is 9.15 Å². The van der Waals surface area contributed by atoms with Gasteiger partial charge in [-0.1, -0.05) is 0 Å². The summed E-state index contributed by atoms with van der Waals surface area (Å²) in [5.74, 6) is 1.17. The molecule has 0 fully saturated rings. The average Bonchev–Trinajstić information content (AvgIpc) is 3.01. The Labute approximate surface area is 153 Å². The molecule has 5 nitrogen and oxygen atoms in total. The lowest BCUT2D eigenvalue weighted by Gasteiger charge is -2.12. The number of rotatable bonds is 2. The number of nitrogens with zero attached hydrogens (tertiary/aromatic N) is 2. The van der Waals surface area contributed by atoms with Gasteiger partial charge >= 0.3 is 5.63 Å². The molecule has 0 spiro atoms. The molecule has 0 bridgehead atoms. The zero-order chi connectivity index (χ0) is 17.7. The summed E-state index contributed by atoms with van der Waals surface area (Å²) < 4.78 is 11.4. The molecule has 0 N–H and O–H groups in total. The van der Waals surface area contributed by atoms with Gasteiger partial charge in [0, 0.05) is 22.4 Å². The highest BCUT2D eigenvalue weighted by atomic mass is 32.1. The highest BCUT2D eigenvalue weighted by Gasteiger charge is 2.21. The van der Waals surface area contributed by atoms with Gasteiger partial charge in [0.15, 0.2) is 0 Å². The molecule has 0 radical (unpaired) electrons. The van der Waals surface area contributed by atoms with Crippen molar-refractivity contribution in [2.75, 3.05) is 0 Å². The molecular formula is C20H16N2O3S. The highest BCUT2D eigenvalue weighted by molar-refractivity contribution is 7.18. The van der Waals surface area contributed by atoms with Gasteiger partial charge in [-0.05, 0) is 55.9 Å². The molecule has 3 heterocycles. The second kappa shape index (κ2) is 5.92. The SMILES string of the molecule is Cc1cc(=O)oc2cc(Oc3ncnc4sc5c(c34)CCCC5)ccc12. The molecule has 5 rings (SSSR count). The molecule has 3 aromatic heterocycles. The van der Waals surface area contributed by atoms with Crippen molar-refractivity contribution < 1.29 is 9.15 Å². The second-order valence-corrected chi connectivity index (χ2v) is 7.66. The van der Waals surface area contributed by atoms with E-state index in [1.54, 1.807) is 23.7 Å². The van der Waals surface area contributed by atoms with Crippen molar-refractivity contribution >= 4 is 32.5 Å². The predicted molar refractivity (Wildman–Crippen MR) is 101 cm³/mol. The standard InChI is InChI=1S/C20H16N2O3S/c1-11-8-17(23)25-15-9-12(6-7-13(11)15)24-19-18-14-4-2-3-5-16(14)26-20(18)22-10-21-19/h6-10H,2-5H2,1H3. The summed E-state index contributed by atoms with van der Waals surface area (Å²) >= 11 is 1.74. The van der Waals surface area contributed by atoms with Crippen LogP contribution in [0.5, 0.6) is 11.6 Å². The Morgan fingerprint density at radius 2 is 2.04 bits per heavy atom. The minimum absolute atomic E-state index is 0.358. The van der Waals surface area contributed by atoms with Crippen molar-refractivity contribution in [3.8, 4) is 11.6 Å². The Kier molecular flexibility index (Phi) is 3.53. The Balaban J connectivity index is 1.62. The summed E-state index contributed by atoms with van der Waals surface area (Å²) in [6, 6.07) is 7.03. The molecule has 1 aromatic carbocycles. The molecule has 6 heteroatoms. The first-order valence-corrected chi connectivity index (χ1v) is 9.48. The fraction of sp³-hybridized carbons (Fsp3) is 0.250. The van der Waals surface area contributed by atoms with Crippen LogP contribution >= 0.6 is 11.3 Å². The minimum Gasteiger partial charge on any atom is -0.438 e. The number of ether oxygens (including phenoxy) is 1. The first-order chi connectivity index (χ1) is 12.7. The van der Waals surface area contributed by atoms with Crippen molar-refractivity contribution in [2.24, 2.45) is 0 Å². The molecule has 0 atom stereocenters. The van der Waals surface area contributed by atoms with E-state index in [0.29, 0.717) is 17.2 Å². The van der Waals surface area contributed by atoms with E-state index in [9.17, 15) is 4.79 Å². The van der Waals surface area contributed by atoms with E-state index in [2.05, 4.69) is 9.97 Å². The van der Waals surface area contributed by atoms with Gasteiger partial charge in [0.05, 0.1) is 5.39 Å². The zero-order valence-electron chi connectivity index (χ0n) is 14.2. The number of hydrogen-bond acceptors (Lipinski definition) is 6. The smallest absolute Gasteiger partial charge is 0.336 e. The van der Waals surface area contributed by atoms with Crippen LogP contribution < -0.4 is 10.4 Å².